The number of rotatable bonds is 8. The Bertz CT molecular complexity index is 1120. The number of carboxylic acids is 1. The highest BCUT2D eigenvalue weighted by Gasteiger charge is 2.25. The first-order chi connectivity index (χ1) is 15.3. The largest absolute Gasteiger partial charge is 0.494 e. The van der Waals surface area contributed by atoms with E-state index in [9.17, 15) is 9.59 Å². The predicted molar refractivity (Wildman–Crippen MR) is 127 cm³/mol. The number of nitrogens with zero attached hydrogens (tertiary/aromatic N) is 1. The zero-order valence-corrected chi connectivity index (χ0v) is 20.0. The molecule has 32 heavy (non-hydrogen) atoms. The number of amidine groups is 1. The smallest absolute Gasteiger partial charge is 0.341 e. The van der Waals surface area contributed by atoms with Crippen LogP contribution in [0.3, 0.4) is 0 Å². The minimum atomic E-state index is -1.10. The number of aliphatic imine (C=N–C) groups is 1. The second-order valence-electron chi connectivity index (χ2n) is 6.60. The molecule has 0 unspecified atom stereocenters. The van der Waals surface area contributed by atoms with Crippen molar-refractivity contribution in [2.24, 2.45) is 4.99 Å². The highest BCUT2D eigenvalue weighted by molar-refractivity contribution is 9.10. The zero-order valence-electron chi connectivity index (χ0n) is 17.6. The first-order valence-corrected chi connectivity index (χ1v) is 11.2. The fourth-order valence-electron chi connectivity index (χ4n) is 2.84. The quantitative estimate of drug-likeness (QED) is 0.492. The number of hydrogen-bond donors (Lipinski definition) is 2. The molecule has 0 spiro atoms. The van der Waals surface area contributed by atoms with Gasteiger partial charge in [-0.2, -0.15) is 0 Å². The van der Waals surface area contributed by atoms with E-state index in [4.69, 9.17) is 19.3 Å². The van der Waals surface area contributed by atoms with Gasteiger partial charge in [-0.1, -0.05) is 6.07 Å². The molecule has 1 fully saturated rings. The Morgan fingerprint density at radius 2 is 2.03 bits per heavy atom. The van der Waals surface area contributed by atoms with Gasteiger partial charge >= 0.3 is 5.97 Å². The van der Waals surface area contributed by atoms with Gasteiger partial charge < -0.3 is 24.6 Å². The number of carbonyl (C=O) groups excluding carboxylic acids is 1. The number of amides is 1. The third-order valence-electron chi connectivity index (χ3n) is 4.18. The van der Waals surface area contributed by atoms with Gasteiger partial charge in [0.1, 0.15) is 11.4 Å². The molecular formula is C22H21BrN2O6S. The summed E-state index contributed by atoms with van der Waals surface area (Å²) in [6, 6.07) is 9.03. The molecule has 2 aromatic carbocycles. The van der Waals surface area contributed by atoms with Crippen molar-refractivity contribution < 1.29 is 28.9 Å². The van der Waals surface area contributed by atoms with E-state index in [-0.39, 0.29) is 11.7 Å². The molecule has 168 valence electrons. The predicted octanol–water partition coefficient (Wildman–Crippen LogP) is 4.52. The fourth-order valence-corrected chi connectivity index (χ4v) is 4.25. The molecule has 10 heteroatoms. The normalized spacial score (nSPS) is 15.7. The van der Waals surface area contributed by atoms with Gasteiger partial charge in [-0.15, -0.1) is 0 Å². The van der Waals surface area contributed by atoms with Crippen LogP contribution in [0.2, 0.25) is 0 Å². The highest BCUT2D eigenvalue weighted by Crippen LogP contribution is 2.39. The first kappa shape index (κ1) is 23.7. The molecule has 1 aliphatic heterocycles. The van der Waals surface area contributed by atoms with Crippen molar-refractivity contribution in [1.29, 1.82) is 0 Å². The number of carboxylic acid groups (broad SMARTS) is 1. The molecule has 1 heterocycles. The lowest BCUT2D eigenvalue weighted by molar-refractivity contribution is -0.139. The number of methoxy groups -OCH3 is 1. The van der Waals surface area contributed by atoms with E-state index in [1.807, 2.05) is 32.0 Å². The number of thioether (sulfide) groups is 1. The number of halogens is 1. The molecule has 0 bridgehead atoms. The number of ether oxygens (including phenoxy) is 3. The highest BCUT2D eigenvalue weighted by atomic mass is 79.9. The standard InChI is InChI=1S/C22H21BrN2O6S/c1-4-30-17-9-13(8-14(23)20(17)31-11-19(26)27)10-18-21(28)25-22(32-18)24-15-7-12(2)5-6-16(15)29-3/h5-10H,4,11H2,1-3H3,(H,26,27)(H,24,25,28)/b18-10-. The molecule has 3 rings (SSSR count). The number of aryl methyl sites for hydroxylation is 1. The Morgan fingerprint density at radius 1 is 1.25 bits per heavy atom. The van der Waals surface area contributed by atoms with Crippen molar-refractivity contribution >= 4 is 56.5 Å². The minimum Gasteiger partial charge on any atom is -0.494 e. The van der Waals surface area contributed by atoms with Crippen molar-refractivity contribution in [3.63, 3.8) is 0 Å². The molecule has 8 nitrogen and oxygen atoms in total. The Labute approximate surface area is 197 Å². The Hall–Kier alpha value is -2.98. The number of aliphatic carboxylic acids is 1. The van der Waals surface area contributed by atoms with Gasteiger partial charge in [0.25, 0.3) is 5.91 Å². The first-order valence-electron chi connectivity index (χ1n) is 9.56. The third kappa shape index (κ3) is 5.83. The van der Waals surface area contributed by atoms with Gasteiger partial charge in [-0.25, -0.2) is 9.79 Å². The average molecular weight is 521 g/mol. The van der Waals surface area contributed by atoms with Crippen molar-refractivity contribution in [2.45, 2.75) is 13.8 Å². The maximum atomic E-state index is 12.5. The number of hydrogen-bond acceptors (Lipinski definition) is 7. The van der Waals surface area contributed by atoms with E-state index in [1.165, 1.54) is 11.8 Å². The van der Waals surface area contributed by atoms with E-state index < -0.39 is 12.6 Å². The van der Waals surface area contributed by atoms with Crippen LogP contribution < -0.4 is 19.5 Å². The van der Waals surface area contributed by atoms with E-state index in [2.05, 4.69) is 26.2 Å². The van der Waals surface area contributed by atoms with Crippen LogP contribution in [0.1, 0.15) is 18.1 Å². The van der Waals surface area contributed by atoms with Gasteiger partial charge in [0.15, 0.2) is 23.3 Å². The molecule has 1 amide bonds. The van der Waals surface area contributed by atoms with Crippen LogP contribution in [0, 0.1) is 6.92 Å². The van der Waals surface area contributed by atoms with Crippen LogP contribution in [0.4, 0.5) is 5.69 Å². The molecule has 1 aliphatic rings. The lowest BCUT2D eigenvalue weighted by Crippen LogP contribution is -2.19. The Kier molecular flexibility index (Phi) is 7.81. The Balaban J connectivity index is 1.89. The van der Waals surface area contributed by atoms with Crippen LogP contribution in [-0.2, 0) is 9.59 Å². The number of nitrogens with one attached hydrogen (secondary N) is 1. The number of benzene rings is 2. The van der Waals surface area contributed by atoms with Crippen LogP contribution in [-0.4, -0.2) is 42.5 Å². The summed E-state index contributed by atoms with van der Waals surface area (Å²) in [5.41, 5.74) is 2.32. The maximum absolute atomic E-state index is 12.5. The molecular weight excluding hydrogens is 500 g/mol. The molecule has 0 atom stereocenters. The van der Waals surface area contributed by atoms with Gasteiger partial charge in [-0.3, -0.25) is 4.79 Å². The van der Waals surface area contributed by atoms with Crippen molar-refractivity contribution in [2.75, 3.05) is 20.3 Å². The van der Waals surface area contributed by atoms with E-state index >= 15 is 0 Å². The van der Waals surface area contributed by atoms with Crippen LogP contribution in [0.5, 0.6) is 17.2 Å². The van der Waals surface area contributed by atoms with Gasteiger partial charge in [-0.05, 0) is 83.0 Å². The van der Waals surface area contributed by atoms with E-state index in [0.29, 0.717) is 43.9 Å². The topological polar surface area (TPSA) is 106 Å². The second kappa shape index (κ2) is 10.6. The van der Waals surface area contributed by atoms with Gasteiger partial charge in [0, 0.05) is 0 Å². The lowest BCUT2D eigenvalue weighted by atomic mass is 10.2. The molecule has 1 saturated heterocycles. The van der Waals surface area contributed by atoms with Crippen LogP contribution >= 0.6 is 27.7 Å². The van der Waals surface area contributed by atoms with E-state index in [1.54, 1.807) is 25.3 Å². The Morgan fingerprint density at radius 3 is 2.72 bits per heavy atom. The molecule has 0 saturated carbocycles. The second-order valence-corrected chi connectivity index (χ2v) is 8.49. The van der Waals surface area contributed by atoms with Crippen LogP contribution in [0.15, 0.2) is 44.7 Å². The minimum absolute atomic E-state index is 0.277. The number of carbonyl (C=O) groups is 2. The molecule has 0 aromatic heterocycles. The van der Waals surface area contributed by atoms with Crippen LogP contribution in [0.25, 0.3) is 6.08 Å². The summed E-state index contributed by atoms with van der Waals surface area (Å²) >= 11 is 4.60. The monoisotopic (exact) mass is 520 g/mol. The van der Waals surface area contributed by atoms with Gasteiger partial charge in [0.2, 0.25) is 0 Å². The lowest BCUT2D eigenvalue weighted by Gasteiger charge is -2.13. The molecule has 0 aliphatic carbocycles. The summed E-state index contributed by atoms with van der Waals surface area (Å²) in [6.45, 7) is 3.62. The zero-order chi connectivity index (χ0) is 23.3. The maximum Gasteiger partial charge on any atom is 0.341 e. The fraction of sp³-hybridized carbons (Fsp3) is 0.227. The van der Waals surface area contributed by atoms with Crippen molar-refractivity contribution in [1.82, 2.24) is 5.32 Å². The summed E-state index contributed by atoms with van der Waals surface area (Å²) in [5, 5.41) is 12.1. The van der Waals surface area contributed by atoms with Crippen molar-refractivity contribution in [3.8, 4) is 17.2 Å². The van der Waals surface area contributed by atoms with Gasteiger partial charge in [0.05, 0.1) is 23.1 Å². The summed E-state index contributed by atoms with van der Waals surface area (Å²) in [6.07, 6.45) is 1.70. The molecule has 0 radical (unpaired) electrons. The SMILES string of the molecule is CCOc1cc(/C=C2\SC(=Nc3cc(C)ccc3OC)NC2=O)cc(Br)c1OCC(=O)O. The summed E-state index contributed by atoms with van der Waals surface area (Å²) in [4.78, 5) is 28.3. The summed E-state index contributed by atoms with van der Waals surface area (Å²) < 4.78 is 16.8. The summed E-state index contributed by atoms with van der Waals surface area (Å²) in [5.74, 6) is -0.106. The summed E-state index contributed by atoms with van der Waals surface area (Å²) in [7, 11) is 1.57. The third-order valence-corrected chi connectivity index (χ3v) is 5.68. The van der Waals surface area contributed by atoms with Crippen molar-refractivity contribution in [3.05, 3.63) is 50.8 Å². The molecule has 2 aromatic rings. The van der Waals surface area contributed by atoms with E-state index in [0.717, 1.165) is 5.56 Å². The molecule has 2 N–H and O–H groups in total. The average Bonchev–Trinajstić information content (AvgIpc) is 3.06.